The van der Waals surface area contributed by atoms with Crippen molar-refractivity contribution in [3.8, 4) is 0 Å². The molecule has 0 N–H and O–H groups in total. The molecule has 0 aliphatic rings. The average molecular weight is 507 g/mol. The lowest BCUT2D eigenvalue weighted by molar-refractivity contribution is -0.139. The SMILES string of the molecule is C=C(C)C(=O)OCCC[SiH](OC)OC.C=C(C)C(=O)OCCC[Si](C)(OC(C)C)OC(C)C. The summed E-state index contributed by atoms with van der Waals surface area (Å²) >= 11 is 0. The standard InChI is InChI=1S/C14H28O4Si.C9H18O4Si/c1-11(2)14(15)16-9-8-10-19(7,17-12(3)4)18-13(5)6;1-8(2)9(10)13-6-5-7-14(11-3)12-4/h12-13H,1,8-10H2,2-7H3;14H,1,5-7H2,2-4H3. The summed E-state index contributed by atoms with van der Waals surface area (Å²) in [5, 5.41) is 0. The molecule has 0 spiro atoms. The molecule has 0 unspecified atom stereocenters. The molecule has 33 heavy (non-hydrogen) atoms. The van der Waals surface area contributed by atoms with Crippen molar-refractivity contribution in [1.29, 1.82) is 0 Å². The lowest BCUT2D eigenvalue weighted by atomic mass is 10.4. The van der Waals surface area contributed by atoms with Crippen LogP contribution in [0.4, 0.5) is 0 Å². The lowest BCUT2D eigenvalue weighted by Crippen LogP contribution is -2.43. The minimum Gasteiger partial charge on any atom is -0.462 e. The van der Waals surface area contributed by atoms with Gasteiger partial charge in [0.15, 0.2) is 0 Å². The summed E-state index contributed by atoms with van der Waals surface area (Å²) in [5.41, 5.74) is 0.856. The van der Waals surface area contributed by atoms with Crippen LogP contribution in [0.2, 0.25) is 18.6 Å². The molecule has 0 atom stereocenters. The number of hydrogen-bond acceptors (Lipinski definition) is 8. The quantitative estimate of drug-likeness (QED) is 0.131. The smallest absolute Gasteiger partial charge is 0.335 e. The van der Waals surface area contributed by atoms with Crippen LogP contribution in [0.5, 0.6) is 0 Å². The maximum Gasteiger partial charge on any atom is 0.335 e. The van der Waals surface area contributed by atoms with Crippen LogP contribution in [0.25, 0.3) is 0 Å². The number of esters is 2. The molecule has 8 nitrogen and oxygen atoms in total. The van der Waals surface area contributed by atoms with Crippen LogP contribution in [0.15, 0.2) is 24.3 Å². The summed E-state index contributed by atoms with van der Waals surface area (Å²) in [7, 11) is -0.404. The van der Waals surface area contributed by atoms with Crippen molar-refractivity contribution < 1.29 is 36.8 Å². The van der Waals surface area contributed by atoms with Crippen molar-refractivity contribution in [2.75, 3.05) is 27.4 Å². The van der Waals surface area contributed by atoms with Crippen molar-refractivity contribution >= 4 is 29.8 Å². The van der Waals surface area contributed by atoms with Gasteiger partial charge in [-0.3, -0.25) is 0 Å². The fraction of sp³-hybridized carbons (Fsp3) is 0.739. The van der Waals surface area contributed by atoms with Crippen LogP contribution in [-0.2, 0) is 36.8 Å². The average Bonchev–Trinajstić information content (AvgIpc) is 2.70. The van der Waals surface area contributed by atoms with E-state index in [4.69, 9.17) is 27.2 Å². The zero-order valence-electron chi connectivity index (χ0n) is 22.2. The maximum atomic E-state index is 11.2. The first-order valence-electron chi connectivity index (χ1n) is 11.3. The van der Waals surface area contributed by atoms with Gasteiger partial charge in [0, 0.05) is 37.6 Å². The molecule has 0 aliphatic heterocycles. The van der Waals surface area contributed by atoms with Crippen molar-refractivity contribution in [3.05, 3.63) is 24.3 Å². The van der Waals surface area contributed by atoms with E-state index < -0.39 is 17.8 Å². The van der Waals surface area contributed by atoms with E-state index in [1.165, 1.54) is 0 Å². The van der Waals surface area contributed by atoms with E-state index in [2.05, 4.69) is 19.7 Å². The van der Waals surface area contributed by atoms with Crippen LogP contribution in [0.3, 0.4) is 0 Å². The Bertz CT molecular complexity index is 579. The van der Waals surface area contributed by atoms with Gasteiger partial charge in [-0.1, -0.05) is 13.2 Å². The molecule has 0 aliphatic carbocycles. The van der Waals surface area contributed by atoms with Crippen LogP contribution < -0.4 is 0 Å². The molecule has 0 radical (unpaired) electrons. The molecule has 0 fully saturated rings. The van der Waals surface area contributed by atoms with Gasteiger partial charge in [-0.2, -0.15) is 0 Å². The summed E-state index contributed by atoms with van der Waals surface area (Å²) in [4.78, 5) is 22.2. The van der Waals surface area contributed by atoms with Gasteiger partial charge in [0.05, 0.1) is 13.2 Å². The van der Waals surface area contributed by atoms with Crippen LogP contribution in [0.1, 0.15) is 54.4 Å². The van der Waals surface area contributed by atoms with Gasteiger partial charge < -0.3 is 27.2 Å². The summed E-state index contributed by atoms with van der Waals surface area (Å²) < 4.78 is 32.1. The van der Waals surface area contributed by atoms with E-state index in [1.54, 1.807) is 28.1 Å². The second-order valence-corrected chi connectivity index (χ2v) is 14.1. The van der Waals surface area contributed by atoms with E-state index in [0.29, 0.717) is 24.4 Å². The first kappa shape index (κ1) is 33.9. The topological polar surface area (TPSA) is 89.5 Å². The molecule has 0 aromatic heterocycles. The molecule has 194 valence electrons. The van der Waals surface area contributed by atoms with Crippen LogP contribution >= 0.6 is 0 Å². The molecule has 0 heterocycles. The molecule has 0 saturated carbocycles. The minimum absolute atomic E-state index is 0.147. The Morgan fingerprint density at radius 1 is 0.818 bits per heavy atom. The third-order valence-electron chi connectivity index (χ3n) is 4.02. The molecule has 10 heteroatoms. The van der Waals surface area contributed by atoms with Gasteiger partial charge in [0.2, 0.25) is 0 Å². The van der Waals surface area contributed by atoms with Gasteiger partial charge in [-0.15, -0.1) is 0 Å². The van der Waals surface area contributed by atoms with Crippen molar-refractivity contribution in [3.63, 3.8) is 0 Å². The number of carbonyl (C=O) groups excluding carboxylic acids is 2. The number of carbonyl (C=O) groups is 2. The Labute approximate surface area is 203 Å². The minimum atomic E-state index is -2.19. The Hall–Kier alpha value is -1.31. The van der Waals surface area contributed by atoms with Crippen LogP contribution in [0, 0.1) is 0 Å². The number of ether oxygens (including phenoxy) is 2. The second kappa shape index (κ2) is 19.0. The maximum absolute atomic E-state index is 11.2. The van der Waals surface area contributed by atoms with Gasteiger partial charge in [-0.05, 0) is 73.0 Å². The van der Waals surface area contributed by atoms with E-state index in [0.717, 1.165) is 24.9 Å². The lowest BCUT2D eigenvalue weighted by Gasteiger charge is -2.31. The fourth-order valence-electron chi connectivity index (χ4n) is 2.69. The molecule has 0 bridgehead atoms. The van der Waals surface area contributed by atoms with E-state index in [9.17, 15) is 9.59 Å². The first-order chi connectivity index (χ1) is 15.3. The predicted octanol–water partition coefficient (Wildman–Crippen LogP) is 4.43. The van der Waals surface area contributed by atoms with Gasteiger partial charge in [0.1, 0.15) is 0 Å². The highest BCUT2D eigenvalue weighted by atomic mass is 28.4. The summed E-state index contributed by atoms with van der Waals surface area (Å²) in [5.74, 6) is -0.670. The zero-order chi connectivity index (χ0) is 26.0. The summed E-state index contributed by atoms with van der Waals surface area (Å²) in [6, 6.07) is 1.66. The second-order valence-electron chi connectivity index (χ2n) is 8.45. The van der Waals surface area contributed by atoms with Crippen molar-refractivity contribution in [1.82, 2.24) is 0 Å². The monoisotopic (exact) mass is 506 g/mol. The highest BCUT2D eigenvalue weighted by Crippen LogP contribution is 2.20. The van der Waals surface area contributed by atoms with Gasteiger partial charge >= 0.3 is 29.8 Å². The molecule has 0 amide bonds. The Kier molecular flexibility index (Phi) is 19.5. The largest absolute Gasteiger partial charge is 0.462 e. The van der Waals surface area contributed by atoms with Crippen molar-refractivity contribution in [2.45, 2.75) is 85.2 Å². The third kappa shape index (κ3) is 19.8. The fourth-order valence-corrected chi connectivity index (χ4v) is 6.93. The number of hydrogen-bond donors (Lipinski definition) is 0. The third-order valence-corrected chi connectivity index (χ3v) is 9.15. The zero-order valence-corrected chi connectivity index (χ0v) is 24.3. The Morgan fingerprint density at radius 3 is 1.55 bits per heavy atom. The van der Waals surface area contributed by atoms with Gasteiger partial charge in [-0.25, -0.2) is 9.59 Å². The molecule has 0 saturated heterocycles. The molecule has 0 rings (SSSR count). The Morgan fingerprint density at radius 2 is 1.21 bits per heavy atom. The summed E-state index contributed by atoms with van der Waals surface area (Å²) in [6.07, 6.45) is 1.82. The van der Waals surface area contributed by atoms with Gasteiger partial charge in [0.25, 0.3) is 0 Å². The number of rotatable bonds is 16. The molecular formula is C23H46O8Si2. The first-order valence-corrected chi connectivity index (χ1v) is 15.6. The normalized spacial score (nSPS) is 11.3. The van der Waals surface area contributed by atoms with Crippen molar-refractivity contribution in [2.24, 2.45) is 0 Å². The Balaban J connectivity index is 0. The molecule has 0 aromatic carbocycles. The predicted molar refractivity (Wildman–Crippen MR) is 136 cm³/mol. The summed E-state index contributed by atoms with van der Waals surface area (Å²) in [6.45, 7) is 21.2. The van der Waals surface area contributed by atoms with E-state index >= 15 is 0 Å². The molecular weight excluding hydrogens is 460 g/mol. The van der Waals surface area contributed by atoms with E-state index in [-0.39, 0.29) is 24.1 Å². The highest BCUT2D eigenvalue weighted by molar-refractivity contribution is 6.66. The highest BCUT2D eigenvalue weighted by Gasteiger charge is 2.33. The molecule has 0 aromatic rings. The van der Waals surface area contributed by atoms with Crippen LogP contribution in [-0.4, -0.2) is 69.4 Å². The van der Waals surface area contributed by atoms with E-state index in [1.807, 2.05) is 27.7 Å².